The molecule has 0 radical (unpaired) electrons. The Kier molecular flexibility index (Phi) is 2.23. The van der Waals surface area contributed by atoms with Crippen molar-refractivity contribution in [1.29, 1.82) is 5.26 Å². The first kappa shape index (κ1) is 6.31. The van der Waals surface area contributed by atoms with Crippen molar-refractivity contribution in [2.24, 2.45) is 0 Å². The lowest BCUT2D eigenvalue weighted by Crippen LogP contribution is -2.13. The van der Waals surface area contributed by atoms with E-state index in [0.29, 0.717) is 0 Å². The highest BCUT2D eigenvalue weighted by atomic mass is 19.3. The predicted octanol–water partition coefficient (Wildman–Crippen LogP) is 0.136. The molecule has 1 unspecified atom stereocenters. The van der Waals surface area contributed by atoms with Crippen LogP contribution in [0, 0.1) is 11.3 Å². The van der Waals surface area contributed by atoms with E-state index in [1.807, 2.05) is 0 Å². The molecular formula is C3H3F2NO. The van der Waals surface area contributed by atoms with Crippen LogP contribution >= 0.6 is 0 Å². The standard InChI is InChI=1S/C3H3F2NO/c4-3(5)2(7)1-6/h2-3,7H. The third kappa shape index (κ3) is 2.06. The zero-order valence-electron chi connectivity index (χ0n) is 3.31. The molecule has 4 heteroatoms. The zero-order chi connectivity index (χ0) is 5.86. The molecule has 0 heterocycles. The fraction of sp³-hybridized carbons (Fsp3) is 0.667. The van der Waals surface area contributed by atoms with Crippen molar-refractivity contribution >= 4 is 0 Å². The van der Waals surface area contributed by atoms with Crippen molar-refractivity contribution in [1.82, 2.24) is 0 Å². The molecule has 0 aromatic rings. The number of nitriles is 1. The monoisotopic (exact) mass is 107 g/mol. The van der Waals surface area contributed by atoms with Crippen molar-refractivity contribution in [3.05, 3.63) is 0 Å². The number of hydrogen-bond donors (Lipinski definition) is 1. The maximum absolute atomic E-state index is 11.0. The van der Waals surface area contributed by atoms with Gasteiger partial charge in [-0.15, -0.1) is 0 Å². The van der Waals surface area contributed by atoms with Gasteiger partial charge < -0.3 is 5.11 Å². The molecule has 0 aliphatic carbocycles. The van der Waals surface area contributed by atoms with Gasteiger partial charge >= 0.3 is 0 Å². The van der Waals surface area contributed by atoms with Gasteiger partial charge in [0.05, 0.1) is 0 Å². The van der Waals surface area contributed by atoms with Gasteiger partial charge in [0.2, 0.25) is 6.10 Å². The van der Waals surface area contributed by atoms with Gasteiger partial charge in [-0.25, -0.2) is 8.78 Å². The SMILES string of the molecule is N#CC(O)C(F)F. The van der Waals surface area contributed by atoms with Gasteiger partial charge in [-0.05, 0) is 0 Å². The van der Waals surface area contributed by atoms with Crippen LogP contribution in [0.15, 0.2) is 0 Å². The van der Waals surface area contributed by atoms with E-state index in [0.717, 1.165) is 6.07 Å². The first-order chi connectivity index (χ1) is 3.18. The normalized spacial score (nSPS) is 13.6. The molecule has 0 aliphatic rings. The molecule has 0 spiro atoms. The van der Waals surface area contributed by atoms with E-state index in [-0.39, 0.29) is 0 Å². The summed E-state index contributed by atoms with van der Waals surface area (Å²) in [6, 6.07) is 0.970. The second kappa shape index (κ2) is 2.48. The Balaban J connectivity index is 3.40. The average molecular weight is 107 g/mol. The molecule has 0 saturated carbocycles. The third-order valence-corrected chi connectivity index (χ3v) is 0.371. The van der Waals surface area contributed by atoms with Gasteiger partial charge in [-0.1, -0.05) is 0 Å². The van der Waals surface area contributed by atoms with Crippen LogP contribution in [0.1, 0.15) is 0 Å². The minimum absolute atomic E-state index is 0.970. The smallest absolute Gasteiger partial charge is 0.277 e. The molecule has 1 N–H and O–H groups in total. The first-order valence-corrected chi connectivity index (χ1v) is 1.54. The third-order valence-electron chi connectivity index (χ3n) is 0.371. The summed E-state index contributed by atoms with van der Waals surface area (Å²) in [4.78, 5) is 0. The van der Waals surface area contributed by atoms with E-state index < -0.39 is 12.5 Å². The second-order valence-corrected chi connectivity index (χ2v) is 0.908. The summed E-state index contributed by atoms with van der Waals surface area (Å²) in [7, 11) is 0. The lowest BCUT2D eigenvalue weighted by Gasteiger charge is -1.93. The number of halogens is 2. The summed E-state index contributed by atoms with van der Waals surface area (Å²) >= 11 is 0. The number of alkyl halides is 2. The molecule has 0 aromatic carbocycles. The zero-order valence-corrected chi connectivity index (χ0v) is 3.31. The largest absolute Gasteiger partial charge is 0.373 e. The Hall–Kier alpha value is -0.690. The Bertz CT molecular complexity index is 87.4. The molecule has 0 aromatic heterocycles. The Morgan fingerprint density at radius 2 is 2.00 bits per heavy atom. The van der Waals surface area contributed by atoms with Crippen LogP contribution in [0.5, 0.6) is 0 Å². The van der Waals surface area contributed by atoms with Crippen molar-refractivity contribution < 1.29 is 13.9 Å². The highest BCUT2D eigenvalue weighted by molar-refractivity contribution is 4.83. The number of nitrogens with zero attached hydrogens (tertiary/aromatic N) is 1. The quantitative estimate of drug-likeness (QED) is 0.484. The Morgan fingerprint density at radius 3 is 2.00 bits per heavy atom. The van der Waals surface area contributed by atoms with Crippen molar-refractivity contribution in [3.63, 3.8) is 0 Å². The van der Waals surface area contributed by atoms with Gasteiger partial charge in [-0.2, -0.15) is 5.26 Å². The minimum atomic E-state index is -2.94. The summed E-state index contributed by atoms with van der Waals surface area (Å²) in [5.74, 6) is 0. The first-order valence-electron chi connectivity index (χ1n) is 1.54. The molecule has 0 bridgehead atoms. The highest BCUT2D eigenvalue weighted by Gasteiger charge is 2.13. The van der Waals surface area contributed by atoms with Crippen LogP contribution in [0.25, 0.3) is 0 Å². The van der Waals surface area contributed by atoms with Gasteiger partial charge in [0.25, 0.3) is 6.43 Å². The Labute approximate surface area is 39.0 Å². The van der Waals surface area contributed by atoms with E-state index in [2.05, 4.69) is 0 Å². The van der Waals surface area contributed by atoms with E-state index in [1.54, 1.807) is 0 Å². The molecule has 0 fully saturated rings. The highest BCUT2D eigenvalue weighted by Crippen LogP contribution is 1.96. The fourth-order valence-corrected chi connectivity index (χ4v) is 0.0563. The molecule has 0 saturated heterocycles. The molecule has 7 heavy (non-hydrogen) atoms. The molecule has 2 nitrogen and oxygen atoms in total. The minimum Gasteiger partial charge on any atom is -0.373 e. The Morgan fingerprint density at radius 1 is 1.57 bits per heavy atom. The molecule has 0 rings (SSSR count). The number of aliphatic hydroxyl groups excluding tert-OH is 1. The van der Waals surface area contributed by atoms with Gasteiger partial charge in [-0.3, -0.25) is 0 Å². The number of hydrogen-bond acceptors (Lipinski definition) is 2. The molecule has 1 atom stereocenters. The van der Waals surface area contributed by atoms with E-state index >= 15 is 0 Å². The number of aliphatic hydroxyl groups is 1. The second-order valence-electron chi connectivity index (χ2n) is 0.908. The maximum atomic E-state index is 11.0. The summed E-state index contributed by atoms with van der Waals surface area (Å²) in [6.45, 7) is 0. The summed E-state index contributed by atoms with van der Waals surface area (Å²) in [5.41, 5.74) is 0. The lowest BCUT2D eigenvalue weighted by atomic mass is 10.4. The van der Waals surface area contributed by atoms with Crippen LogP contribution in [-0.2, 0) is 0 Å². The van der Waals surface area contributed by atoms with E-state index in [1.165, 1.54) is 0 Å². The van der Waals surface area contributed by atoms with Crippen molar-refractivity contribution in [3.8, 4) is 6.07 Å². The molecule has 0 amide bonds. The fourth-order valence-electron chi connectivity index (χ4n) is 0.0563. The topological polar surface area (TPSA) is 44.0 Å². The van der Waals surface area contributed by atoms with E-state index in [9.17, 15) is 8.78 Å². The maximum Gasteiger partial charge on any atom is 0.277 e. The van der Waals surface area contributed by atoms with Crippen LogP contribution in [0.4, 0.5) is 8.78 Å². The average Bonchev–Trinajstić information content (AvgIpc) is 1.65. The van der Waals surface area contributed by atoms with Crippen LogP contribution in [0.2, 0.25) is 0 Å². The van der Waals surface area contributed by atoms with Gasteiger partial charge in [0.15, 0.2) is 0 Å². The van der Waals surface area contributed by atoms with Crippen molar-refractivity contribution in [2.75, 3.05) is 0 Å². The summed E-state index contributed by atoms with van der Waals surface area (Å²) < 4.78 is 21.9. The summed E-state index contributed by atoms with van der Waals surface area (Å²) in [5, 5.41) is 15.3. The van der Waals surface area contributed by atoms with Crippen molar-refractivity contribution in [2.45, 2.75) is 12.5 Å². The van der Waals surface area contributed by atoms with Gasteiger partial charge in [0.1, 0.15) is 6.07 Å². The molecule has 40 valence electrons. The molecule has 0 aliphatic heterocycles. The van der Waals surface area contributed by atoms with Crippen LogP contribution in [-0.4, -0.2) is 17.6 Å². The lowest BCUT2D eigenvalue weighted by molar-refractivity contribution is 0.0285. The van der Waals surface area contributed by atoms with Crippen LogP contribution < -0.4 is 0 Å². The number of rotatable bonds is 1. The van der Waals surface area contributed by atoms with E-state index in [4.69, 9.17) is 10.4 Å². The predicted molar refractivity (Wildman–Crippen MR) is 17.6 cm³/mol. The van der Waals surface area contributed by atoms with Gasteiger partial charge in [0, 0.05) is 0 Å². The summed E-state index contributed by atoms with van der Waals surface area (Å²) in [6.07, 6.45) is -5.06. The van der Waals surface area contributed by atoms with Crippen LogP contribution in [0.3, 0.4) is 0 Å². The molecular weight excluding hydrogens is 104 g/mol.